The molecule has 1 aliphatic heterocycles. The maximum absolute atomic E-state index is 13.5. The third-order valence-corrected chi connectivity index (χ3v) is 3.27. The van der Waals surface area contributed by atoms with E-state index in [0.29, 0.717) is 11.6 Å². The van der Waals surface area contributed by atoms with Gasteiger partial charge in [0.15, 0.2) is 0 Å². The molecule has 0 spiro atoms. The molecule has 2 nitrogen and oxygen atoms in total. The van der Waals surface area contributed by atoms with Gasteiger partial charge in [-0.15, -0.1) is 0 Å². The molecule has 1 atom stereocenters. The third kappa shape index (κ3) is 2.35. The van der Waals surface area contributed by atoms with Crippen molar-refractivity contribution in [3.63, 3.8) is 0 Å². The lowest BCUT2D eigenvalue weighted by atomic mass is 10.1. The Labute approximate surface area is 96.5 Å². The van der Waals surface area contributed by atoms with Gasteiger partial charge in [-0.25, -0.2) is 4.39 Å². The molecule has 1 N–H and O–H groups in total. The predicted octanol–water partition coefficient (Wildman–Crippen LogP) is 2.32. The fourth-order valence-electron chi connectivity index (χ4n) is 2.11. The van der Waals surface area contributed by atoms with E-state index in [4.69, 9.17) is 0 Å². The molecule has 2 rings (SSSR count). The van der Waals surface area contributed by atoms with E-state index in [1.807, 2.05) is 12.1 Å². The largest absolute Gasteiger partial charge is 0.369 e. The van der Waals surface area contributed by atoms with E-state index >= 15 is 0 Å². The van der Waals surface area contributed by atoms with E-state index in [1.54, 1.807) is 13.0 Å². The zero-order valence-electron chi connectivity index (χ0n) is 9.96. The number of hydrogen-bond acceptors (Lipinski definition) is 2. The lowest BCUT2D eigenvalue weighted by Gasteiger charge is -2.35. The maximum atomic E-state index is 13.5. The van der Waals surface area contributed by atoms with Crippen molar-refractivity contribution in [3.05, 3.63) is 29.6 Å². The fourth-order valence-corrected chi connectivity index (χ4v) is 2.11. The van der Waals surface area contributed by atoms with Crippen LogP contribution in [0.3, 0.4) is 0 Å². The molecule has 1 fully saturated rings. The van der Waals surface area contributed by atoms with E-state index in [-0.39, 0.29) is 5.82 Å². The van der Waals surface area contributed by atoms with Gasteiger partial charge in [0.2, 0.25) is 0 Å². The highest BCUT2D eigenvalue weighted by Gasteiger charge is 2.18. The smallest absolute Gasteiger partial charge is 0.128 e. The van der Waals surface area contributed by atoms with Crippen LogP contribution >= 0.6 is 0 Å². The first-order valence-corrected chi connectivity index (χ1v) is 5.95. The van der Waals surface area contributed by atoms with Crippen molar-refractivity contribution < 1.29 is 4.39 Å². The molecule has 1 unspecified atom stereocenters. The molecule has 1 heterocycles. The number of anilines is 1. The van der Waals surface area contributed by atoms with Crippen LogP contribution in [0.1, 0.15) is 18.9 Å². The third-order valence-electron chi connectivity index (χ3n) is 3.27. The van der Waals surface area contributed by atoms with Gasteiger partial charge in [0.25, 0.3) is 0 Å². The summed E-state index contributed by atoms with van der Waals surface area (Å²) in [6.45, 7) is 6.88. The van der Waals surface area contributed by atoms with Crippen LogP contribution in [0.4, 0.5) is 10.1 Å². The van der Waals surface area contributed by atoms with E-state index in [0.717, 1.165) is 31.7 Å². The Morgan fingerprint density at radius 3 is 3.00 bits per heavy atom. The minimum absolute atomic E-state index is 0.107. The summed E-state index contributed by atoms with van der Waals surface area (Å²) in [5.41, 5.74) is 1.72. The number of nitrogens with zero attached hydrogens (tertiary/aromatic N) is 1. The summed E-state index contributed by atoms with van der Waals surface area (Å²) in [5.74, 6) is -0.107. The van der Waals surface area contributed by atoms with Crippen molar-refractivity contribution in [2.24, 2.45) is 0 Å². The normalized spacial score (nSPS) is 21.2. The summed E-state index contributed by atoms with van der Waals surface area (Å²) >= 11 is 0. The molecule has 1 aromatic rings. The quantitative estimate of drug-likeness (QED) is 0.826. The molecular formula is C13H19FN2. The van der Waals surface area contributed by atoms with Crippen molar-refractivity contribution in [1.29, 1.82) is 0 Å². The average Bonchev–Trinajstić information content (AvgIpc) is 2.33. The van der Waals surface area contributed by atoms with E-state index < -0.39 is 0 Å². The van der Waals surface area contributed by atoms with Crippen LogP contribution in [0, 0.1) is 12.7 Å². The number of halogens is 1. The van der Waals surface area contributed by atoms with Gasteiger partial charge in [0.05, 0.1) is 0 Å². The predicted molar refractivity (Wildman–Crippen MR) is 65.4 cm³/mol. The molecule has 1 saturated heterocycles. The summed E-state index contributed by atoms with van der Waals surface area (Å²) in [6, 6.07) is 6.04. The average molecular weight is 222 g/mol. The molecule has 0 bridgehead atoms. The highest BCUT2D eigenvalue weighted by molar-refractivity contribution is 5.48. The fraction of sp³-hybridized carbons (Fsp3) is 0.538. The van der Waals surface area contributed by atoms with Gasteiger partial charge in [-0.2, -0.15) is 0 Å². The first-order valence-electron chi connectivity index (χ1n) is 5.95. The van der Waals surface area contributed by atoms with Gasteiger partial charge in [0.1, 0.15) is 5.82 Å². The van der Waals surface area contributed by atoms with Crippen molar-refractivity contribution in [3.8, 4) is 0 Å². The van der Waals surface area contributed by atoms with Gasteiger partial charge in [-0.3, -0.25) is 0 Å². The minimum atomic E-state index is -0.107. The minimum Gasteiger partial charge on any atom is -0.369 e. The van der Waals surface area contributed by atoms with Crippen molar-refractivity contribution in [2.45, 2.75) is 26.3 Å². The van der Waals surface area contributed by atoms with Gasteiger partial charge in [-0.1, -0.05) is 13.0 Å². The molecule has 0 radical (unpaired) electrons. The second-order valence-corrected chi connectivity index (χ2v) is 4.44. The van der Waals surface area contributed by atoms with Crippen LogP contribution in [-0.4, -0.2) is 25.7 Å². The second-order valence-electron chi connectivity index (χ2n) is 4.44. The zero-order chi connectivity index (χ0) is 11.5. The number of piperazine rings is 1. The highest BCUT2D eigenvalue weighted by Crippen LogP contribution is 2.19. The Morgan fingerprint density at radius 2 is 2.31 bits per heavy atom. The summed E-state index contributed by atoms with van der Waals surface area (Å²) < 4.78 is 13.5. The molecule has 88 valence electrons. The monoisotopic (exact) mass is 222 g/mol. The number of rotatable bonds is 2. The van der Waals surface area contributed by atoms with Crippen molar-refractivity contribution in [1.82, 2.24) is 5.32 Å². The highest BCUT2D eigenvalue weighted by atomic mass is 19.1. The molecule has 0 aromatic heterocycles. The molecule has 16 heavy (non-hydrogen) atoms. The van der Waals surface area contributed by atoms with Crippen molar-refractivity contribution >= 4 is 5.69 Å². The van der Waals surface area contributed by atoms with Crippen LogP contribution in [0.25, 0.3) is 0 Å². The number of aryl methyl sites for hydroxylation is 1. The Kier molecular flexibility index (Phi) is 3.44. The first kappa shape index (κ1) is 11.4. The topological polar surface area (TPSA) is 15.3 Å². The van der Waals surface area contributed by atoms with Crippen molar-refractivity contribution in [2.75, 3.05) is 24.5 Å². The molecule has 1 aromatic carbocycles. The first-order chi connectivity index (χ1) is 7.70. The molecule has 0 amide bonds. The molecule has 1 aliphatic rings. The summed E-state index contributed by atoms with van der Waals surface area (Å²) in [4.78, 5) is 2.26. The van der Waals surface area contributed by atoms with Gasteiger partial charge in [-0.05, 0) is 31.0 Å². The van der Waals surface area contributed by atoms with Gasteiger partial charge in [0, 0.05) is 31.4 Å². The van der Waals surface area contributed by atoms with E-state index in [2.05, 4.69) is 17.1 Å². The summed E-state index contributed by atoms with van der Waals surface area (Å²) in [7, 11) is 0. The van der Waals surface area contributed by atoms with Crippen LogP contribution in [0.2, 0.25) is 0 Å². The maximum Gasteiger partial charge on any atom is 0.128 e. The Hall–Kier alpha value is -1.09. The van der Waals surface area contributed by atoms with Crippen LogP contribution in [0.15, 0.2) is 18.2 Å². The second kappa shape index (κ2) is 4.83. The lowest BCUT2D eigenvalue weighted by Crippen LogP contribution is -2.50. The number of hydrogen-bond donors (Lipinski definition) is 1. The Balaban J connectivity index is 2.13. The Bertz CT molecular complexity index is 365. The SMILES string of the molecule is CCC1CN(c2ccc(C)c(F)c2)CCN1. The Morgan fingerprint density at radius 1 is 1.50 bits per heavy atom. The summed E-state index contributed by atoms with van der Waals surface area (Å²) in [5, 5.41) is 3.46. The van der Waals surface area contributed by atoms with E-state index in [1.165, 1.54) is 0 Å². The number of nitrogens with one attached hydrogen (secondary N) is 1. The van der Waals surface area contributed by atoms with Crippen LogP contribution in [-0.2, 0) is 0 Å². The molecular weight excluding hydrogens is 203 g/mol. The number of benzene rings is 1. The molecule has 3 heteroatoms. The standard InChI is InChI=1S/C13H19FN2/c1-3-11-9-16(7-6-15-11)12-5-4-10(2)13(14)8-12/h4-5,8,11,15H,3,6-7,9H2,1-2H3. The summed E-state index contributed by atoms with van der Waals surface area (Å²) in [6.07, 6.45) is 1.12. The van der Waals surface area contributed by atoms with Crippen LogP contribution in [0.5, 0.6) is 0 Å². The van der Waals surface area contributed by atoms with Gasteiger partial charge < -0.3 is 10.2 Å². The zero-order valence-corrected chi connectivity index (χ0v) is 9.96. The lowest BCUT2D eigenvalue weighted by molar-refractivity contribution is 0.446. The van der Waals surface area contributed by atoms with Crippen LogP contribution < -0.4 is 10.2 Å². The molecule has 0 saturated carbocycles. The van der Waals surface area contributed by atoms with Gasteiger partial charge >= 0.3 is 0 Å². The molecule has 0 aliphatic carbocycles. The van der Waals surface area contributed by atoms with E-state index in [9.17, 15) is 4.39 Å².